The van der Waals surface area contributed by atoms with Gasteiger partial charge in [0, 0.05) is 18.5 Å². The number of rotatable bonds is 2. The van der Waals surface area contributed by atoms with Gasteiger partial charge < -0.3 is 14.4 Å². The van der Waals surface area contributed by atoms with Crippen molar-refractivity contribution in [3.63, 3.8) is 0 Å². The van der Waals surface area contributed by atoms with E-state index in [4.69, 9.17) is 4.74 Å². The second kappa shape index (κ2) is 6.60. The van der Waals surface area contributed by atoms with E-state index in [0.717, 1.165) is 24.8 Å². The summed E-state index contributed by atoms with van der Waals surface area (Å²) in [6, 6.07) is 5.07. The van der Waals surface area contributed by atoms with Crippen LogP contribution in [0.3, 0.4) is 0 Å². The van der Waals surface area contributed by atoms with E-state index in [0.29, 0.717) is 18.7 Å². The molecule has 0 N–H and O–H groups in total. The minimum Gasteiger partial charge on any atom is -0.444 e. The molecule has 1 aromatic rings. The van der Waals surface area contributed by atoms with E-state index in [1.54, 1.807) is 17.9 Å². The molecule has 7 heteroatoms. The number of hydrogen-bond acceptors (Lipinski definition) is 3. The molecule has 1 saturated heterocycles. The first-order valence-corrected chi connectivity index (χ1v) is 9.20. The fraction of sp³-hybridized carbons (Fsp3) is 0.650. The average Bonchev–Trinajstić information content (AvgIpc) is 2.90. The van der Waals surface area contributed by atoms with Crippen LogP contribution in [0.1, 0.15) is 57.1 Å². The lowest BCUT2D eigenvalue weighted by Gasteiger charge is -2.48. The molecule has 1 unspecified atom stereocenters. The lowest BCUT2D eigenvalue weighted by atomic mass is 9.77. The van der Waals surface area contributed by atoms with Crippen molar-refractivity contribution in [2.45, 2.75) is 64.8 Å². The van der Waals surface area contributed by atoms with Crippen LogP contribution in [0.15, 0.2) is 18.2 Å². The van der Waals surface area contributed by atoms with Crippen molar-refractivity contribution >= 4 is 6.09 Å². The molecule has 1 saturated carbocycles. The SMILES string of the molecule is Cc1ccc(C2CCC3(C2)CN(C(=O)OC(C)(C)C)C3)cc1OC(F)(F)F. The Hall–Kier alpha value is -1.92. The summed E-state index contributed by atoms with van der Waals surface area (Å²) in [5.41, 5.74) is 0.864. The van der Waals surface area contributed by atoms with Crippen LogP contribution >= 0.6 is 0 Å². The Morgan fingerprint density at radius 1 is 1.22 bits per heavy atom. The second-order valence-corrected chi connectivity index (χ2v) is 8.85. The topological polar surface area (TPSA) is 38.8 Å². The van der Waals surface area contributed by atoms with E-state index in [9.17, 15) is 18.0 Å². The summed E-state index contributed by atoms with van der Waals surface area (Å²) >= 11 is 0. The van der Waals surface area contributed by atoms with Crippen LogP contribution in [0.5, 0.6) is 5.75 Å². The predicted molar refractivity (Wildman–Crippen MR) is 94.7 cm³/mol. The van der Waals surface area contributed by atoms with Gasteiger partial charge in [0.2, 0.25) is 0 Å². The van der Waals surface area contributed by atoms with Crippen molar-refractivity contribution in [1.82, 2.24) is 4.90 Å². The lowest BCUT2D eigenvalue weighted by Crippen LogP contribution is -2.58. The van der Waals surface area contributed by atoms with E-state index in [2.05, 4.69) is 4.74 Å². The Morgan fingerprint density at radius 2 is 1.89 bits per heavy atom. The molecule has 27 heavy (non-hydrogen) atoms. The zero-order valence-corrected chi connectivity index (χ0v) is 16.2. The summed E-state index contributed by atoms with van der Waals surface area (Å²) in [5, 5.41) is 0. The number of amides is 1. The third-order valence-electron chi connectivity index (χ3n) is 5.32. The minimum absolute atomic E-state index is 0.0531. The second-order valence-electron chi connectivity index (χ2n) is 8.85. The van der Waals surface area contributed by atoms with Crippen LogP contribution in [-0.4, -0.2) is 36.0 Å². The molecule has 1 aromatic carbocycles. The van der Waals surface area contributed by atoms with E-state index in [1.807, 2.05) is 26.8 Å². The Balaban J connectivity index is 1.62. The summed E-state index contributed by atoms with van der Waals surface area (Å²) in [7, 11) is 0. The highest BCUT2D eigenvalue weighted by Crippen LogP contribution is 2.52. The molecule has 150 valence electrons. The maximum absolute atomic E-state index is 12.6. The molecule has 1 spiro atoms. The third-order valence-corrected chi connectivity index (χ3v) is 5.32. The average molecular weight is 385 g/mol. The van der Waals surface area contributed by atoms with E-state index in [-0.39, 0.29) is 23.2 Å². The molecule has 1 heterocycles. The van der Waals surface area contributed by atoms with Gasteiger partial charge in [-0.1, -0.05) is 12.1 Å². The Kier molecular flexibility index (Phi) is 4.85. The van der Waals surface area contributed by atoms with Gasteiger partial charge in [0.1, 0.15) is 11.4 Å². The number of alkyl halides is 3. The van der Waals surface area contributed by atoms with Gasteiger partial charge in [0.05, 0.1) is 0 Å². The number of hydrogen-bond donors (Lipinski definition) is 0. The number of carbonyl (C=O) groups is 1. The first-order valence-electron chi connectivity index (χ1n) is 9.20. The highest BCUT2D eigenvalue weighted by molar-refractivity contribution is 5.69. The van der Waals surface area contributed by atoms with Crippen LogP contribution in [0.4, 0.5) is 18.0 Å². The summed E-state index contributed by atoms with van der Waals surface area (Å²) in [6.45, 7) is 8.41. The van der Waals surface area contributed by atoms with Gasteiger partial charge in [-0.15, -0.1) is 13.2 Å². The quantitative estimate of drug-likeness (QED) is 0.684. The Labute approximate surface area is 157 Å². The molecule has 1 atom stereocenters. The number of halogens is 3. The normalized spacial score (nSPS) is 21.9. The predicted octanol–water partition coefficient (Wildman–Crippen LogP) is 5.40. The largest absolute Gasteiger partial charge is 0.573 e. The summed E-state index contributed by atoms with van der Waals surface area (Å²) in [6.07, 6.45) is -2.27. The van der Waals surface area contributed by atoms with Crippen LogP contribution < -0.4 is 4.74 Å². The van der Waals surface area contributed by atoms with Gasteiger partial charge in [-0.05, 0) is 70.1 Å². The maximum atomic E-state index is 12.6. The van der Waals surface area contributed by atoms with Crippen molar-refractivity contribution in [3.8, 4) is 5.75 Å². The smallest absolute Gasteiger partial charge is 0.444 e. The maximum Gasteiger partial charge on any atom is 0.573 e. The first-order chi connectivity index (χ1) is 12.4. The van der Waals surface area contributed by atoms with Crippen LogP contribution in [-0.2, 0) is 4.74 Å². The van der Waals surface area contributed by atoms with Gasteiger partial charge in [-0.3, -0.25) is 0 Å². The molecule has 0 aromatic heterocycles. The fourth-order valence-corrected chi connectivity index (χ4v) is 4.10. The van der Waals surface area contributed by atoms with Gasteiger partial charge in [0.25, 0.3) is 0 Å². The molecule has 2 fully saturated rings. The molecule has 0 bridgehead atoms. The number of aryl methyl sites for hydroxylation is 1. The first kappa shape index (κ1) is 19.8. The zero-order chi connectivity index (χ0) is 20.0. The van der Waals surface area contributed by atoms with Gasteiger partial charge >= 0.3 is 12.5 Å². The van der Waals surface area contributed by atoms with E-state index < -0.39 is 12.0 Å². The van der Waals surface area contributed by atoms with E-state index >= 15 is 0 Å². The number of benzene rings is 1. The summed E-state index contributed by atoms with van der Waals surface area (Å²) < 4.78 is 47.3. The molecular weight excluding hydrogens is 359 g/mol. The molecule has 1 amide bonds. The molecule has 4 nitrogen and oxygen atoms in total. The standard InChI is InChI=1S/C20H26F3NO3/c1-13-5-6-14(9-16(13)26-20(21,22)23)15-7-8-19(10-15)11-24(12-19)17(25)27-18(2,3)4/h5-6,9,15H,7-8,10-12H2,1-4H3. The fourth-order valence-electron chi connectivity index (χ4n) is 4.10. The van der Waals surface area contributed by atoms with Gasteiger partial charge in [-0.2, -0.15) is 0 Å². The van der Waals surface area contributed by atoms with E-state index in [1.165, 1.54) is 6.07 Å². The molecule has 3 rings (SSSR count). The molecular formula is C20H26F3NO3. The number of ether oxygens (including phenoxy) is 2. The van der Waals surface area contributed by atoms with Crippen molar-refractivity contribution in [2.24, 2.45) is 5.41 Å². The molecule has 1 aliphatic carbocycles. The van der Waals surface area contributed by atoms with Crippen molar-refractivity contribution < 1.29 is 27.4 Å². The van der Waals surface area contributed by atoms with Crippen LogP contribution in [0, 0.1) is 12.3 Å². The number of nitrogens with zero attached hydrogens (tertiary/aromatic N) is 1. The third kappa shape index (κ3) is 4.68. The highest BCUT2D eigenvalue weighted by atomic mass is 19.4. The Bertz CT molecular complexity index is 718. The van der Waals surface area contributed by atoms with Crippen LogP contribution in [0.2, 0.25) is 0 Å². The monoisotopic (exact) mass is 385 g/mol. The minimum atomic E-state index is -4.69. The summed E-state index contributed by atoms with van der Waals surface area (Å²) in [4.78, 5) is 13.8. The van der Waals surface area contributed by atoms with Gasteiger partial charge in [-0.25, -0.2) is 4.79 Å². The molecule has 1 aliphatic heterocycles. The zero-order valence-electron chi connectivity index (χ0n) is 16.2. The Morgan fingerprint density at radius 3 is 2.48 bits per heavy atom. The van der Waals surface area contributed by atoms with Crippen molar-refractivity contribution in [2.75, 3.05) is 13.1 Å². The highest BCUT2D eigenvalue weighted by Gasteiger charge is 2.50. The number of carbonyl (C=O) groups excluding carboxylic acids is 1. The molecule has 2 aliphatic rings. The lowest BCUT2D eigenvalue weighted by molar-refractivity contribution is -0.274. The van der Waals surface area contributed by atoms with Crippen molar-refractivity contribution in [3.05, 3.63) is 29.3 Å². The van der Waals surface area contributed by atoms with Gasteiger partial charge in [0.15, 0.2) is 0 Å². The van der Waals surface area contributed by atoms with Crippen LogP contribution in [0.25, 0.3) is 0 Å². The van der Waals surface area contributed by atoms with Crippen molar-refractivity contribution in [1.29, 1.82) is 0 Å². The molecule has 0 radical (unpaired) electrons. The summed E-state index contributed by atoms with van der Waals surface area (Å²) in [5.74, 6) is 0.0481. The number of likely N-dealkylation sites (tertiary alicyclic amines) is 1.